The van der Waals surface area contributed by atoms with Crippen molar-refractivity contribution in [2.75, 3.05) is 7.05 Å². The molecule has 0 fully saturated rings. The number of aromatic nitrogens is 2. The third kappa shape index (κ3) is 2.78. The third-order valence-electron chi connectivity index (χ3n) is 4.46. The minimum absolute atomic E-state index is 0.113. The predicted octanol–water partition coefficient (Wildman–Crippen LogP) is 2.07. The van der Waals surface area contributed by atoms with E-state index in [0.29, 0.717) is 6.42 Å². The molecule has 0 spiro atoms. The van der Waals surface area contributed by atoms with Gasteiger partial charge in [-0.15, -0.1) is 0 Å². The number of aryl methyl sites for hydroxylation is 2. The fourth-order valence-corrected chi connectivity index (χ4v) is 2.65. The smallest absolute Gasteiger partial charge is 0.237 e. The Bertz CT molecular complexity index is 676. The van der Waals surface area contributed by atoms with Gasteiger partial charge >= 0.3 is 0 Å². The number of carbonyl (C=O) groups excluding carboxylic acids is 1. The Morgan fingerprint density at radius 2 is 2.05 bits per heavy atom. The van der Waals surface area contributed by atoms with Crippen LogP contribution in [0.4, 0.5) is 0 Å². The Morgan fingerprint density at radius 3 is 2.62 bits per heavy atom. The number of hydrogen-bond acceptors (Lipinski definition) is 3. The van der Waals surface area contributed by atoms with Crippen molar-refractivity contribution in [1.82, 2.24) is 14.9 Å². The van der Waals surface area contributed by atoms with E-state index in [0.717, 1.165) is 11.0 Å². The van der Waals surface area contributed by atoms with Crippen molar-refractivity contribution in [2.24, 2.45) is 5.73 Å². The number of primary amides is 1. The molecule has 1 aromatic heterocycles. The van der Waals surface area contributed by atoms with Gasteiger partial charge in [0.2, 0.25) is 5.91 Å². The van der Waals surface area contributed by atoms with Gasteiger partial charge in [-0.25, -0.2) is 4.98 Å². The van der Waals surface area contributed by atoms with Crippen LogP contribution in [0.25, 0.3) is 11.0 Å². The SMILES string of the molecule is CNC(C)(CC(C)n1cnc2cc(C)c(C)cc21)C(N)=O. The first-order chi connectivity index (χ1) is 9.78. The first-order valence-electron chi connectivity index (χ1n) is 7.21. The second kappa shape index (κ2) is 5.48. The molecular formula is C16H24N4O. The normalized spacial score (nSPS) is 15.9. The van der Waals surface area contributed by atoms with Crippen LogP contribution in [0.1, 0.15) is 37.4 Å². The summed E-state index contributed by atoms with van der Waals surface area (Å²) in [5, 5.41) is 3.03. The molecule has 0 radical (unpaired) electrons. The van der Waals surface area contributed by atoms with E-state index in [1.54, 1.807) is 7.05 Å². The van der Waals surface area contributed by atoms with Crippen molar-refractivity contribution in [3.8, 4) is 0 Å². The van der Waals surface area contributed by atoms with Crippen LogP contribution >= 0.6 is 0 Å². The van der Waals surface area contributed by atoms with Gasteiger partial charge in [-0.3, -0.25) is 4.79 Å². The summed E-state index contributed by atoms with van der Waals surface area (Å²) in [6.07, 6.45) is 2.45. The molecule has 21 heavy (non-hydrogen) atoms. The van der Waals surface area contributed by atoms with Crippen LogP contribution in [0.5, 0.6) is 0 Å². The number of hydrogen-bond donors (Lipinski definition) is 2. The highest BCUT2D eigenvalue weighted by Crippen LogP contribution is 2.26. The molecule has 2 unspecified atom stereocenters. The second-order valence-corrected chi connectivity index (χ2v) is 6.08. The maximum atomic E-state index is 11.7. The average Bonchev–Trinajstić information content (AvgIpc) is 2.81. The van der Waals surface area contributed by atoms with Crippen LogP contribution in [0.3, 0.4) is 0 Å². The number of amides is 1. The van der Waals surface area contributed by atoms with Crippen molar-refractivity contribution >= 4 is 16.9 Å². The molecule has 2 aromatic rings. The summed E-state index contributed by atoms with van der Waals surface area (Å²) in [6, 6.07) is 4.36. The lowest BCUT2D eigenvalue weighted by atomic mass is 9.93. The second-order valence-electron chi connectivity index (χ2n) is 6.08. The van der Waals surface area contributed by atoms with Gasteiger partial charge in [0.1, 0.15) is 0 Å². The Hall–Kier alpha value is -1.88. The van der Waals surface area contributed by atoms with Gasteiger partial charge in [-0.2, -0.15) is 0 Å². The number of likely N-dealkylation sites (N-methyl/N-ethyl adjacent to an activating group) is 1. The van der Waals surface area contributed by atoms with Crippen molar-refractivity contribution in [2.45, 2.75) is 45.7 Å². The number of carbonyl (C=O) groups is 1. The Labute approximate surface area is 125 Å². The van der Waals surface area contributed by atoms with Crippen LogP contribution in [-0.2, 0) is 4.79 Å². The molecule has 114 valence electrons. The zero-order chi connectivity index (χ0) is 15.8. The summed E-state index contributed by atoms with van der Waals surface area (Å²) in [4.78, 5) is 16.1. The fourth-order valence-electron chi connectivity index (χ4n) is 2.65. The van der Waals surface area contributed by atoms with Crippen LogP contribution < -0.4 is 11.1 Å². The predicted molar refractivity (Wildman–Crippen MR) is 85.2 cm³/mol. The lowest BCUT2D eigenvalue weighted by Crippen LogP contribution is -2.52. The summed E-state index contributed by atoms with van der Waals surface area (Å²) in [5.41, 5.74) is 9.33. The van der Waals surface area contributed by atoms with Gasteiger partial charge < -0.3 is 15.6 Å². The van der Waals surface area contributed by atoms with E-state index in [2.05, 4.69) is 47.8 Å². The number of benzene rings is 1. The van der Waals surface area contributed by atoms with Crippen LogP contribution in [-0.4, -0.2) is 28.0 Å². The van der Waals surface area contributed by atoms with Gasteiger partial charge in [0.05, 0.1) is 22.9 Å². The quantitative estimate of drug-likeness (QED) is 0.884. The highest BCUT2D eigenvalue weighted by molar-refractivity contribution is 5.84. The summed E-state index contributed by atoms with van der Waals surface area (Å²) in [5.74, 6) is -0.340. The molecule has 5 heteroatoms. The number of fused-ring (bicyclic) bond motifs is 1. The van der Waals surface area contributed by atoms with Gasteiger partial charge in [-0.1, -0.05) is 0 Å². The summed E-state index contributed by atoms with van der Waals surface area (Å²) in [6.45, 7) is 8.09. The first-order valence-corrected chi connectivity index (χ1v) is 7.21. The van der Waals surface area contributed by atoms with Crippen LogP contribution in [0, 0.1) is 13.8 Å². The van der Waals surface area contributed by atoms with E-state index in [4.69, 9.17) is 5.73 Å². The molecule has 0 aliphatic carbocycles. The minimum atomic E-state index is -0.726. The summed E-state index contributed by atoms with van der Waals surface area (Å²) in [7, 11) is 1.76. The molecule has 5 nitrogen and oxygen atoms in total. The van der Waals surface area contributed by atoms with Crippen LogP contribution in [0.15, 0.2) is 18.5 Å². The molecule has 1 aromatic carbocycles. The third-order valence-corrected chi connectivity index (χ3v) is 4.46. The van der Waals surface area contributed by atoms with Crippen molar-refractivity contribution < 1.29 is 4.79 Å². The van der Waals surface area contributed by atoms with E-state index in [1.807, 2.05) is 13.3 Å². The van der Waals surface area contributed by atoms with Gasteiger partial charge in [0, 0.05) is 6.04 Å². The molecule has 1 heterocycles. The zero-order valence-electron chi connectivity index (χ0n) is 13.4. The number of imidazole rings is 1. The summed E-state index contributed by atoms with van der Waals surface area (Å²) >= 11 is 0. The standard InChI is InChI=1S/C16H24N4O/c1-10-6-13-14(7-11(10)2)20(9-19-13)12(3)8-16(4,18-5)15(17)21/h6-7,9,12,18H,8H2,1-5H3,(H2,17,21). The molecule has 0 aliphatic rings. The van der Waals surface area contributed by atoms with Crippen molar-refractivity contribution in [1.29, 1.82) is 0 Å². The highest BCUT2D eigenvalue weighted by atomic mass is 16.1. The molecular weight excluding hydrogens is 264 g/mol. The molecule has 0 saturated heterocycles. The maximum Gasteiger partial charge on any atom is 0.237 e. The maximum absolute atomic E-state index is 11.7. The Kier molecular flexibility index (Phi) is 4.05. The molecule has 0 bridgehead atoms. The number of rotatable bonds is 5. The minimum Gasteiger partial charge on any atom is -0.368 e. The molecule has 2 rings (SSSR count). The highest BCUT2D eigenvalue weighted by Gasteiger charge is 2.31. The topological polar surface area (TPSA) is 72.9 Å². The van der Waals surface area contributed by atoms with Crippen molar-refractivity contribution in [3.63, 3.8) is 0 Å². The Morgan fingerprint density at radius 1 is 1.43 bits per heavy atom. The molecule has 3 N–H and O–H groups in total. The average molecular weight is 288 g/mol. The van der Waals surface area contributed by atoms with Gasteiger partial charge in [0.15, 0.2) is 0 Å². The molecule has 1 amide bonds. The first kappa shape index (κ1) is 15.5. The van der Waals surface area contributed by atoms with E-state index >= 15 is 0 Å². The summed E-state index contributed by atoms with van der Waals surface area (Å²) < 4.78 is 2.11. The monoisotopic (exact) mass is 288 g/mol. The van der Waals surface area contributed by atoms with E-state index in [-0.39, 0.29) is 11.9 Å². The largest absolute Gasteiger partial charge is 0.368 e. The van der Waals surface area contributed by atoms with Crippen molar-refractivity contribution in [3.05, 3.63) is 29.6 Å². The Balaban J connectivity index is 2.38. The van der Waals surface area contributed by atoms with Gasteiger partial charge in [-0.05, 0) is 64.4 Å². The number of nitrogens with one attached hydrogen (secondary N) is 1. The van der Waals surface area contributed by atoms with E-state index in [9.17, 15) is 4.79 Å². The zero-order valence-corrected chi connectivity index (χ0v) is 13.4. The molecule has 0 aliphatic heterocycles. The lowest BCUT2D eigenvalue weighted by Gasteiger charge is -2.29. The number of nitrogens with zero attached hydrogens (tertiary/aromatic N) is 2. The number of nitrogens with two attached hydrogens (primary N) is 1. The van der Waals surface area contributed by atoms with E-state index in [1.165, 1.54) is 11.1 Å². The van der Waals surface area contributed by atoms with Crippen LogP contribution in [0.2, 0.25) is 0 Å². The lowest BCUT2D eigenvalue weighted by molar-refractivity contribution is -0.124. The van der Waals surface area contributed by atoms with E-state index < -0.39 is 5.54 Å². The van der Waals surface area contributed by atoms with Gasteiger partial charge in [0.25, 0.3) is 0 Å². The molecule has 0 saturated carbocycles. The molecule has 2 atom stereocenters. The fraction of sp³-hybridized carbons (Fsp3) is 0.500.